The van der Waals surface area contributed by atoms with E-state index in [0.717, 1.165) is 30.5 Å². The molecule has 2 heterocycles. The number of nitrogens with zero attached hydrogens (tertiary/aromatic N) is 2. The fraction of sp³-hybridized carbons (Fsp3) is 0.240. The highest BCUT2D eigenvalue weighted by molar-refractivity contribution is 7.89. The van der Waals surface area contributed by atoms with Gasteiger partial charge in [-0.15, -0.1) is 0 Å². The highest BCUT2D eigenvalue weighted by atomic mass is 32.2. The van der Waals surface area contributed by atoms with Crippen molar-refractivity contribution in [3.8, 4) is 17.2 Å². The maximum Gasteiger partial charge on any atom is 0.298 e. The SMILES string of the molecule is COc1ccccc1Oc1ccc(S(=O)(=O)NCC2CCCN2c2nc3ccccc3o2)cc1. The van der Waals surface area contributed by atoms with Gasteiger partial charge in [-0.1, -0.05) is 24.3 Å². The van der Waals surface area contributed by atoms with Gasteiger partial charge in [0.15, 0.2) is 17.1 Å². The molecule has 176 valence electrons. The van der Waals surface area contributed by atoms with Crippen molar-refractivity contribution >= 4 is 27.1 Å². The molecule has 8 nitrogen and oxygen atoms in total. The summed E-state index contributed by atoms with van der Waals surface area (Å²) in [6, 6.07) is 21.7. The van der Waals surface area contributed by atoms with Crippen molar-refractivity contribution in [3.63, 3.8) is 0 Å². The molecule has 0 radical (unpaired) electrons. The summed E-state index contributed by atoms with van der Waals surface area (Å²) in [7, 11) is -2.12. The monoisotopic (exact) mass is 479 g/mol. The molecule has 1 saturated heterocycles. The molecule has 9 heteroatoms. The molecule has 1 N–H and O–H groups in total. The van der Waals surface area contributed by atoms with Gasteiger partial charge < -0.3 is 18.8 Å². The first-order valence-electron chi connectivity index (χ1n) is 11.1. The number of oxazole rings is 1. The van der Waals surface area contributed by atoms with E-state index in [9.17, 15) is 8.42 Å². The maximum atomic E-state index is 12.9. The Hall–Kier alpha value is -3.56. The van der Waals surface area contributed by atoms with E-state index in [0.29, 0.717) is 23.3 Å². The maximum absolute atomic E-state index is 12.9. The zero-order valence-corrected chi connectivity index (χ0v) is 19.5. The molecule has 0 saturated carbocycles. The van der Waals surface area contributed by atoms with Gasteiger partial charge in [0.25, 0.3) is 6.01 Å². The van der Waals surface area contributed by atoms with E-state index in [1.54, 1.807) is 31.4 Å². The topological polar surface area (TPSA) is 93.9 Å². The molecule has 4 aromatic rings. The van der Waals surface area contributed by atoms with E-state index in [1.165, 1.54) is 12.1 Å². The second-order valence-electron chi connectivity index (χ2n) is 8.03. The third-order valence-electron chi connectivity index (χ3n) is 5.85. The van der Waals surface area contributed by atoms with E-state index < -0.39 is 10.0 Å². The third kappa shape index (κ3) is 4.57. The number of para-hydroxylation sites is 4. The van der Waals surface area contributed by atoms with Crippen molar-refractivity contribution in [2.75, 3.05) is 25.1 Å². The minimum atomic E-state index is -3.69. The Labute approximate surface area is 198 Å². The molecular formula is C25H25N3O5S. The number of methoxy groups -OCH3 is 1. The molecule has 3 aromatic carbocycles. The van der Waals surface area contributed by atoms with Gasteiger partial charge in [-0.3, -0.25) is 0 Å². The minimum absolute atomic E-state index is 0.0315. The number of aromatic nitrogens is 1. The van der Waals surface area contributed by atoms with Gasteiger partial charge in [0.2, 0.25) is 10.0 Å². The fourth-order valence-corrected chi connectivity index (χ4v) is 5.16. The molecule has 1 fully saturated rings. The second kappa shape index (κ2) is 9.36. The first kappa shape index (κ1) is 22.2. The molecule has 1 aliphatic heterocycles. The molecule has 1 aliphatic rings. The Kier molecular flexibility index (Phi) is 6.12. The number of benzene rings is 3. The van der Waals surface area contributed by atoms with Crippen molar-refractivity contribution in [1.29, 1.82) is 0 Å². The van der Waals surface area contributed by atoms with Crippen LogP contribution in [-0.4, -0.2) is 39.6 Å². The molecule has 0 spiro atoms. The molecule has 1 aromatic heterocycles. The van der Waals surface area contributed by atoms with Crippen LogP contribution in [0.3, 0.4) is 0 Å². The fourth-order valence-electron chi connectivity index (χ4n) is 4.09. The van der Waals surface area contributed by atoms with Crippen LogP contribution in [0.25, 0.3) is 11.1 Å². The summed E-state index contributed by atoms with van der Waals surface area (Å²) < 4.78 is 45.6. The molecular weight excluding hydrogens is 454 g/mol. The number of sulfonamides is 1. The van der Waals surface area contributed by atoms with Crippen LogP contribution in [-0.2, 0) is 10.0 Å². The highest BCUT2D eigenvalue weighted by Gasteiger charge is 2.29. The van der Waals surface area contributed by atoms with Gasteiger partial charge in [-0.2, -0.15) is 4.98 Å². The summed E-state index contributed by atoms with van der Waals surface area (Å²) >= 11 is 0. The summed E-state index contributed by atoms with van der Waals surface area (Å²) in [4.78, 5) is 6.77. The zero-order valence-electron chi connectivity index (χ0n) is 18.7. The molecule has 0 aliphatic carbocycles. The van der Waals surface area contributed by atoms with E-state index >= 15 is 0 Å². The molecule has 1 unspecified atom stereocenters. The van der Waals surface area contributed by atoms with Crippen LogP contribution < -0.4 is 19.1 Å². The van der Waals surface area contributed by atoms with Crippen LogP contribution in [0.1, 0.15) is 12.8 Å². The Bertz CT molecular complexity index is 1350. The lowest BCUT2D eigenvalue weighted by atomic mass is 10.2. The first-order valence-corrected chi connectivity index (χ1v) is 12.5. The van der Waals surface area contributed by atoms with Gasteiger partial charge in [-0.25, -0.2) is 13.1 Å². The van der Waals surface area contributed by atoms with Gasteiger partial charge in [-0.05, 0) is 61.4 Å². The summed E-state index contributed by atoms with van der Waals surface area (Å²) in [5, 5.41) is 0. The van der Waals surface area contributed by atoms with Crippen molar-refractivity contribution in [2.45, 2.75) is 23.8 Å². The van der Waals surface area contributed by atoms with Crippen molar-refractivity contribution < 1.29 is 22.3 Å². The van der Waals surface area contributed by atoms with Crippen LogP contribution in [0.15, 0.2) is 82.1 Å². The van der Waals surface area contributed by atoms with Crippen molar-refractivity contribution in [3.05, 3.63) is 72.8 Å². The Morgan fingerprint density at radius 1 is 1.03 bits per heavy atom. The lowest BCUT2D eigenvalue weighted by molar-refractivity contribution is 0.379. The van der Waals surface area contributed by atoms with Gasteiger partial charge in [0.1, 0.15) is 11.3 Å². The smallest absolute Gasteiger partial charge is 0.298 e. The van der Waals surface area contributed by atoms with Crippen LogP contribution in [0.2, 0.25) is 0 Å². The van der Waals surface area contributed by atoms with E-state index in [-0.39, 0.29) is 17.5 Å². The summed E-state index contributed by atoms with van der Waals surface area (Å²) in [6.45, 7) is 1.04. The predicted molar refractivity (Wildman–Crippen MR) is 129 cm³/mol. The van der Waals surface area contributed by atoms with Gasteiger partial charge >= 0.3 is 0 Å². The van der Waals surface area contributed by atoms with Crippen LogP contribution in [0.5, 0.6) is 17.2 Å². The molecule has 34 heavy (non-hydrogen) atoms. The van der Waals surface area contributed by atoms with Crippen LogP contribution >= 0.6 is 0 Å². The molecule has 0 amide bonds. The Morgan fingerprint density at radius 2 is 1.76 bits per heavy atom. The van der Waals surface area contributed by atoms with Crippen molar-refractivity contribution in [1.82, 2.24) is 9.71 Å². The van der Waals surface area contributed by atoms with Crippen molar-refractivity contribution in [2.24, 2.45) is 0 Å². The third-order valence-corrected chi connectivity index (χ3v) is 7.28. The average Bonchev–Trinajstić information content (AvgIpc) is 3.50. The van der Waals surface area contributed by atoms with E-state index in [1.807, 2.05) is 41.3 Å². The normalized spacial score (nSPS) is 16.1. The molecule has 5 rings (SSSR count). The number of hydrogen-bond donors (Lipinski definition) is 1. The number of rotatable bonds is 8. The first-order chi connectivity index (χ1) is 16.5. The van der Waals surface area contributed by atoms with Crippen LogP contribution in [0, 0.1) is 0 Å². The lowest BCUT2D eigenvalue weighted by Gasteiger charge is -2.23. The van der Waals surface area contributed by atoms with Gasteiger partial charge in [0, 0.05) is 19.1 Å². The van der Waals surface area contributed by atoms with Crippen LogP contribution in [0.4, 0.5) is 6.01 Å². The number of ether oxygens (including phenoxy) is 2. The predicted octanol–water partition coefficient (Wildman–Crippen LogP) is 4.58. The number of nitrogens with one attached hydrogen (secondary N) is 1. The number of fused-ring (bicyclic) bond motifs is 1. The molecule has 1 atom stereocenters. The minimum Gasteiger partial charge on any atom is -0.493 e. The number of anilines is 1. The largest absolute Gasteiger partial charge is 0.493 e. The van der Waals surface area contributed by atoms with E-state index in [2.05, 4.69) is 9.71 Å². The Balaban J connectivity index is 1.25. The quantitative estimate of drug-likeness (QED) is 0.395. The summed E-state index contributed by atoms with van der Waals surface area (Å²) in [6.07, 6.45) is 1.80. The average molecular weight is 480 g/mol. The number of hydrogen-bond acceptors (Lipinski definition) is 7. The second-order valence-corrected chi connectivity index (χ2v) is 9.80. The zero-order chi connectivity index (χ0) is 23.5. The highest BCUT2D eigenvalue weighted by Crippen LogP contribution is 2.31. The van der Waals surface area contributed by atoms with E-state index in [4.69, 9.17) is 13.9 Å². The summed E-state index contributed by atoms with van der Waals surface area (Å²) in [5.74, 6) is 1.67. The lowest BCUT2D eigenvalue weighted by Crippen LogP contribution is -2.40. The molecule has 0 bridgehead atoms. The standard InChI is InChI=1S/C25H25N3O5S/c1-31-23-10-4-5-11-24(23)32-19-12-14-20(15-13-19)34(29,30)26-17-18-7-6-16-28(18)25-27-21-8-2-3-9-22(21)33-25/h2-5,8-15,18,26H,6-7,16-17H2,1H3. The Morgan fingerprint density at radius 3 is 2.53 bits per heavy atom. The van der Waals surface area contributed by atoms with Gasteiger partial charge in [0.05, 0.1) is 12.0 Å². The summed E-state index contributed by atoms with van der Waals surface area (Å²) in [5.41, 5.74) is 1.51.